The fourth-order valence-electron chi connectivity index (χ4n) is 1.89. The summed E-state index contributed by atoms with van der Waals surface area (Å²) in [5.74, 6) is 0.585. The van der Waals surface area contributed by atoms with Crippen molar-refractivity contribution in [3.63, 3.8) is 0 Å². The summed E-state index contributed by atoms with van der Waals surface area (Å²) in [7, 11) is 0. The van der Waals surface area contributed by atoms with Crippen LogP contribution in [0.25, 0.3) is 0 Å². The van der Waals surface area contributed by atoms with Crippen LogP contribution in [0.15, 0.2) is 24.3 Å². The average Bonchev–Trinajstić information content (AvgIpc) is 3.01. The van der Waals surface area contributed by atoms with Gasteiger partial charge in [-0.05, 0) is 43.9 Å². The predicted octanol–water partition coefficient (Wildman–Crippen LogP) is 2.91. The van der Waals surface area contributed by atoms with E-state index in [9.17, 15) is 5.11 Å². The van der Waals surface area contributed by atoms with Gasteiger partial charge in [0.15, 0.2) is 0 Å². The van der Waals surface area contributed by atoms with Crippen molar-refractivity contribution in [3.8, 4) is 0 Å². The summed E-state index contributed by atoms with van der Waals surface area (Å²) in [5.41, 5.74) is 0.774. The molecule has 15 heavy (non-hydrogen) atoms. The van der Waals surface area contributed by atoms with Crippen molar-refractivity contribution in [1.29, 1.82) is 0 Å². The van der Waals surface area contributed by atoms with Crippen molar-refractivity contribution in [2.24, 2.45) is 5.92 Å². The molecule has 82 valence electrons. The first-order chi connectivity index (χ1) is 7.14. The average molecular weight is 226 g/mol. The van der Waals surface area contributed by atoms with Gasteiger partial charge in [-0.2, -0.15) is 0 Å². The van der Waals surface area contributed by atoms with Gasteiger partial charge >= 0.3 is 0 Å². The zero-order valence-corrected chi connectivity index (χ0v) is 9.59. The standard InChI is InChI=1S/C12H16ClNO/c1-12(8-15,9-5-6-9)14-11-4-2-3-10(13)7-11/h2-4,7,9,14-15H,5-6,8H2,1H3. The van der Waals surface area contributed by atoms with Crippen LogP contribution < -0.4 is 5.32 Å². The van der Waals surface area contributed by atoms with Crippen LogP contribution in [0.1, 0.15) is 19.8 Å². The molecule has 1 atom stereocenters. The summed E-state index contributed by atoms with van der Waals surface area (Å²) in [6.45, 7) is 2.22. The van der Waals surface area contributed by atoms with E-state index < -0.39 is 0 Å². The van der Waals surface area contributed by atoms with Crippen LogP contribution in [0.3, 0.4) is 0 Å². The molecule has 0 radical (unpaired) electrons. The lowest BCUT2D eigenvalue weighted by atomic mass is 9.96. The Balaban J connectivity index is 2.12. The van der Waals surface area contributed by atoms with E-state index in [0.29, 0.717) is 5.92 Å². The van der Waals surface area contributed by atoms with Crippen LogP contribution in [-0.2, 0) is 0 Å². The van der Waals surface area contributed by atoms with Crippen molar-refractivity contribution in [3.05, 3.63) is 29.3 Å². The van der Waals surface area contributed by atoms with Gasteiger partial charge in [0.1, 0.15) is 0 Å². The van der Waals surface area contributed by atoms with E-state index in [1.165, 1.54) is 12.8 Å². The molecule has 0 saturated heterocycles. The number of aliphatic hydroxyl groups is 1. The largest absolute Gasteiger partial charge is 0.394 e. The molecule has 2 nitrogen and oxygen atoms in total. The Morgan fingerprint density at radius 2 is 2.27 bits per heavy atom. The highest BCUT2D eigenvalue weighted by Crippen LogP contribution is 2.41. The summed E-state index contributed by atoms with van der Waals surface area (Å²) in [5, 5.41) is 13.5. The van der Waals surface area contributed by atoms with Crippen LogP contribution >= 0.6 is 11.6 Å². The lowest BCUT2D eigenvalue weighted by Crippen LogP contribution is -2.41. The number of benzene rings is 1. The molecule has 1 unspecified atom stereocenters. The minimum Gasteiger partial charge on any atom is -0.394 e. The molecule has 3 heteroatoms. The van der Waals surface area contributed by atoms with E-state index in [-0.39, 0.29) is 12.1 Å². The molecule has 1 aromatic carbocycles. The van der Waals surface area contributed by atoms with E-state index in [0.717, 1.165) is 10.7 Å². The maximum Gasteiger partial charge on any atom is 0.0661 e. The molecule has 0 heterocycles. The zero-order valence-electron chi connectivity index (χ0n) is 8.83. The molecule has 0 aliphatic heterocycles. The second kappa shape index (κ2) is 4.03. The van der Waals surface area contributed by atoms with Crippen LogP contribution in [0.2, 0.25) is 5.02 Å². The predicted molar refractivity (Wildman–Crippen MR) is 63.3 cm³/mol. The fraction of sp³-hybridized carbons (Fsp3) is 0.500. The molecule has 1 saturated carbocycles. The van der Waals surface area contributed by atoms with E-state index in [1.807, 2.05) is 24.3 Å². The van der Waals surface area contributed by atoms with Gasteiger partial charge in [0.2, 0.25) is 0 Å². The number of anilines is 1. The Hall–Kier alpha value is -0.730. The van der Waals surface area contributed by atoms with E-state index in [4.69, 9.17) is 11.6 Å². The third-order valence-electron chi connectivity index (χ3n) is 3.06. The highest BCUT2D eigenvalue weighted by molar-refractivity contribution is 6.30. The van der Waals surface area contributed by atoms with Crippen LogP contribution in [0.5, 0.6) is 0 Å². The third-order valence-corrected chi connectivity index (χ3v) is 3.30. The Morgan fingerprint density at radius 3 is 2.80 bits per heavy atom. The van der Waals surface area contributed by atoms with Gasteiger partial charge in [-0.3, -0.25) is 0 Å². The molecule has 1 aromatic rings. The van der Waals surface area contributed by atoms with Gasteiger partial charge in [0.25, 0.3) is 0 Å². The van der Waals surface area contributed by atoms with Gasteiger partial charge in [0.05, 0.1) is 12.1 Å². The Morgan fingerprint density at radius 1 is 1.53 bits per heavy atom. The quantitative estimate of drug-likeness (QED) is 0.826. The molecular formula is C12H16ClNO. The number of halogens is 1. The van der Waals surface area contributed by atoms with Crippen LogP contribution in [0, 0.1) is 5.92 Å². The molecule has 0 bridgehead atoms. The number of hydrogen-bond donors (Lipinski definition) is 2. The summed E-state index contributed by atoms with van der Waals surface area (Å²) in [6, 6.07) is 7.62. The van der Waals surface area contributed by atoms with Crippen LogP contribution in [-0.4, -0.2) is 17.3 Å². The Kier molecular flexibility index (Phi) is 2.89. The monoisotopic (exact) mass is 225 g/mol. The number of aliphatic hydroxyl groups excluding tert-OH is 1. The van der Waals surface area contributed by atoms with Gasteiger partial charge in [-0.1, -0.05) is 17.7 Å². The second-order valence-corrected chi connectivity index (χ2v) is 4.92. The summed E-state index contributed by atoms with van der Waals surface area (Å²) < 4.78 is 0. The molecule has 2 rings (SSSR count). The van der Waals surface area contributed by atoms with Crippen LogP contribution in [0.4, 0.5) is 5.69 Å². The summed E-state index contributed by atoms with van der Waals surface area (Å²) >= 11 is 5.91. The molecule has 2 N–H and O–H groups in total. The lowest BCUT2D eigenvalue weighted by Gasteiger charge is -2.30. The number of rotatable bonds is 4. The maximum absolute atomic E-state index is 9.43. The van der Waals surface area contributed by atoms with Crippen molar-refractivity contribution in [2.75, 3.05) is 11.9 Å². The smallest absolute Gasteiger partial charge is 0.0661 e. The van der Waals surface area contributed by atoms with Gasteiger partial charge in [-0.15, -0.1) is 0 Å². The van der Waals surface area contributed by atoms with E-state index in [1.54, 1.807) is 0 Å². The molecule has 1 fully saturated rings. The van der Waals surface area contributed by atoms with E-state index in [2.05, 4.69) is 12.2 Å². The first-order valence-corrected chi connectivity index (χ1v) is 5.66. The first kappa shape index (κ1) is 10.8. The van der Waals surface area contributed by atoms with E-state index >= 15 is 0 Å². The summed E-state index contributed by atoms with van der Waals surface area (Å²) in [4.78, 5) is 0. The molecule has 1 aliphatic rings. The second-order valence-electron chi connectivity index (χ2n) is 4.49. The van der Waals surface area contributed by atoms with Gasteiger partial charge in [0, 0.05) is 10.7 Å². The van der Waals surface area contributed by atoms with Gasteiger partial charge < -0.3 is 10.4 Å². The Labute approximate surface area is 95.3 Å². The summed E-state index contributed by atoms with van der Waals surface area (Å²) in [6.07, 6.45) is 2.40. The molecule has 0 amide bonds. The highest BCUT2D eigenvalue weighted by atomic mass is 35.5. The topological polar surface area (TPSA) is 32.3 Å². The number of nitrogens with one attached hydrogen (secondary N) is 1. The van der Waals surface area contributed by atoms with Crippen molar-refractivity contribution in [2.45, 2.75) is 25.3 Å². The minimum absolute atomic E-state index is 0.157. The fourth-order valence-corrected chi connectivity index (χ4v) is 2.08. The molecule has 0 aromatic heterocycles. The first-order valence-electron chi connectivity index (χ1n) is 5.29. The highest BCUT2D eigenvalue weighted by Gasteiger charge is 2.40. The Bertz CT molecular complexity index is 351. The lowest BCUT2D eigenvalue weighted by molar-refractivity contribution is 0.206. The minimum atomic E-state index is -0.204. The SMILES string of the molecule is CC(CO)(Nc1cccc(Cl)c1)C1CC1. The number of hydrogen-bond acceptors (Lipinski definition) is 2. The zero-order chi connectivity index (χ0) is 10.9. The normalized spacial score (nSPS) is 19.7. The molecule has 0 spiro atoms. The molecule has 1 aliphatic carbocycles. The van der Waals surface area contributed by atoms with Crippen molar-refractivity contribution >= 4 is 17.3 Å². The van der Waals surface area contributed by atoms with Gasteiger partial charge in [-0.25, -0.2) is 0 Å². The van der Waals surface area contributed by atoms with Crippen molar-refractivity contribution < 1.29 is 5.11 Å². The maximum atomic E-state index is 9.43. The van der Waals surface area contributed by atoms with Crippen molar-refractivity contribution in [1.82, 2.24) is 0 Å². The molecular weight excluding hydrogens is 210 g/mol. The third kappa shape index (κ3) is 2.44.